The zero-order valence-electron chi connectivity index (χ0n) is 11.6. The summed E-state index contributed by atoms with van der Waals surface area (Å²) in [5, 5.41) is 0. The molecular weight excluding hydrogens is 351 g/mol. The number of nitrogens with zero attached hydrogens (tertiary/aromatic N) is 1. The SMILES string of the molecule is COC1CCN(Cc2cc(Br)cc(OC(F)(F)F)c2)CC1. The number of halogens is 4. The van der Waals surface area contributed by atoms with Gasteiger partial charge in [0.15, 0.2) is 0 Å². The van der Waals surface area contributed by atoms with E-state index in [-0.39, 0.29) is 11.9 Å². The predicted octanol–water partition coefficient (Wildman–Crippen LogP) is 3.96. The van der Waals surface area contributed by atoms with E-state index >= 15 is 0 Å². The summed E-state index contributed by atoms with van der Waals surface area (Å²) in [6, 6.07) is 4.56. The Hall–Kier alpha value is -0.790. The minimum Gasteiger partial charge on any atom is -0.406 e. The summed E-state index contributed by atoms with van der Waals surface area (Å²) in [4.78, 5) is 2.20. The molecule has 0 amide bonds. The van der Waals surface area contributed by atoms with Crippen molar-refractivity contribution >= 4 is 15.9 Å². The highest BCUT2D eigenvalue weighted by Gasteiger charge is 2.31. The molecule has 1 aliphatic rings. The molecule has 21 heavy (non-hydrogen) atoms. The third-order valence-corrected chi connectivity index (χ3v) is 3.90. The fraction of sp³-hybridized carbons (Fsp3) is 0.571. The van der Waals surface area contributed by atoms with Gasteiger partial charge in [-0.25, -0.2) is 0 Å². The lowest BCUT2D eigenvalue weighted by molar-refractivity contribution is -0.274. The van der Waals surface area contributed by atoms with Crippen LogP contribution in [0.3, 0.4) is 0 Å². The Kier molecular flexibility index (Phi) is 5.51. The molecule has 1 aromatic rings. The largest absolute Gasteiger partial charge is 0.573 e. The Balaban J connectivity index is 2.00. The molecule has 1 aromatic carbocycles. The summed E-state index contributed by atoms with van der Waals surface area (Å²) >= 11 is 3.22. The number of ether oxygens (including phenoxy) is 2. The van der Waals surface area contributed by atoms with Crippen molar-refractivity contribution in [2.75, 3.05) is 20.2 Å². The molecule has 0 atom stereocenters. The average molecular weight is 368 g/mol. The Labute approximate surface area is 130 Å². The summed E-state index contributed by atoms with van der Waals surface area (Å²) in [5.41, 5.74) is 0.791. The van der Waals surface area contributed by atoms with E-state index in [2.05, 4.69) is 25.6 Å². The van der Waals surface area contributed by atoms with Crippen molar-refractivity contribution in [2.45, 2.75) is 31.9 Å². The van der Waals surface area contributed by atoms with Gasteiger partial charge in [0.2, 0.25) is 0 Å². The number of likely N-dealkylation sites (tertiary alicyclic amines) is 1. The smallest absolute Gasteiger partial charge is 0.406 e. The van der Waals surface area contributed by atoms with Gasteiger partial charge < -0.3 is 9.47 Å². The molecule has 7 heteroatoms. The van der Waals surface area contributed by atoms with Crippen LogP contribution in [0.2, 0.25) is 0 Å². The zero-order valence-corrected chi connectivity index (χ0v) is 13.2. The molecule has 0 unspecified atom stereocenters. The molecule has 0 aliphatic carbocycles. The van der Waals surface area contributed by atoms with Gasteiger partial charge in [-0.15, -0.1) is 13.2 Å². The number of rotatable bonds is 4. The molecule has 1 heterocycles. The van der Waals surface area contributed by atoms with Crippen molar-refractivity contribution < 1.29 is 22.6 Å². The van der Waals surface area contributed by atoms with E-state index in [4.69, 9.17) is 4.74 Å². The number of methoxy groups -OCH3 is 1. The Morgan fingerprint density at radius 2 is 1.90 bits per heavy atom. The van der Waals surface area contributed by atoms with Gasteiger partial charge in [0.05, 0.1) is 6.10 Å². The minimum atomic E-state index is -4.67. The van der Waals surface area contributed by atoms with E-state index in [1.807, 2.05) is 6.07 Å². The first-order chi connectivity index (χ1) is 9.85. The molecule has 0 N–H and O–H groups in total. The summed E-state index contributed by atoms with van der Waals surface area (Å²) < 4.78 is 46.7. The summed E-state index contributed by atoms with van der Waals surface area (Å²) in [7, 11) is 1.70. The normalized spacial score (nSPS) is 18.0. The minimum absolute atomic E-state index is 0.196. The van der Waals surface area contributed by atoms with Crippen LogP contribution in [0.1, 0.15) is 18.4 Å². The lowest BCUT2D eigenvalue weighted by Crippen LogP contribution is -2.36. The van der Waals surface area contributed by atoms with Gasteiger partial charge in [-0.1, -0.05) is 15.9 Å². The maximum Gasteiger partial charge on any atom is 0.573 e. The van der Waals surface area contributed by atoms with Crippen LogP contribution in [0.4, 0.5) is 13.2 Å². The number of benzene rings is 1. The second kappa shape index (κ2) is 6.98. The van der Waals surface area contributed by atoms with Crippen molar-refractivity contribution in [1.29, 1.82) is 0 Å². The standard InChI is InChI=1S/C14H17BrF3NO2/c1-20-12-2-4-19(5-3-12)9-10-6-11(15)8-13(7-10)21-14(16,17)18/h6-8,12H,2-5,9H2,1H3. The monoisotopic (exact) mass is 367 g/mol. The number of alkyl halides is 3. The van der Waals surface area contributed by atoms with E-state index in [9.17, 15) is 13.2 Å². The van der Waals surface area contributed by atoms with Crippen LogP contribution in [-0.2, 0) is 11.3 Å². The van der Waals surface area contributed by atoms with Crippen LogP contribution in [0.5, 0.6) is 5.75 Å². The lowest BCUT2D eigenvalue weighted by Gasteiger charge is -2.31. The first-order valence-electron chi connectivity index (χ1n) is 6.66. The van der Waals surface area contributed by atoms with Crippen molar-refractivity contribution in [1.82, 2.24) is 4.90 Å². The van der Waals surface area contributed by atoms with E-state index in [0.717, 1.165) is 31.5 Å². The van der Waals surface area contributed by atoms with Crippen molar-refractivity contribution in [3.63, 3.8) is 0 Å². The Morgan fingerprint density at radius 1 is 1.24 bits per heavy atom. The van der Waals surface area contributed by atoms with Crippen molar-refractivity contribution in [3.8, 4) is 5.75 Å². The first-order valence-corrected chi connectivity index (χ1v) is 7.45. The van der Waals surface area contributed by atoms with Gasteiger partial charge in [-0.3, -0.25) is 4.90 Å². The quantitative estimate of drug-likeness (QED) is 0.803. The van der Waals surface area contributed by atoms with Gasteiger partial charge in [-0.05, 0) is 36.6 Å². The van der Waals surface area contributed by atoms with E-state index < -0.39 is 6.36 Å². The van der Waals surface area contributed by atoms with E-state index in [1.165, 1.54) is 12.1 Å². The van der Waals surface area contributed by atoms with Gasteiger partial charge in [-0.2, -0.15) is 0 Å². The third kappa shape index (κ3) is 5.48. The fourth-order valence-electron chi connectivity index (χ4n) is 2.47. The Morgan fingerprint density at radius 3 is 2.48 bits per heavy atom. The van der Waals surface area contributed by atoms with Gasteiger partial charge in [0, 0.05) is 31.2 Å². The van der Waals surface area contributed by atoms with Gasteiger partial charge in [0.1, 0.15) is 5.75 Å². The van der Waals surface area contributed by atoms with Crippen molar-refractivity contribution in [3.05, 3.63) is 28.2 Å². The van der Waals surface area contributed by atoms with Crippen LogP contribution >= 0.6 is 15.9 Å². The fourth-order valence-corrected chi connectivity index (χ4v) is 2.99. The van der Waals surface area contributed by atoms with Crippen LogP contribution in [0, 0.1) is 0 Å². The summed E-state index contributed by atoms with van der Waals surface area (Å²) in [5.74, 6) is -0.196. The third-order valence-electron chi connectivity index (χ3n) is 3.44. The second-order valence-corrected chi connectivity index (χ2v) is 5.97. The lowest BCUT2D eigenvalue weighted by atomic mass is 10.1. The molecule has 1 aliphatic heterocycles. The topological polar surface area (TPSA) is 21.7 Å². The molecule has 0 spiro atoms. The summed E-state index contributed by atoms with van der Waals surface area (Å²) in [6.45, 7) is 2.35. The molecule has 3 nitrogen and oxygen atoms in total. The summed E-state index contributed by atoms with van der Waals surface area (Å²) in [6.07, 6.45) is -2.50. The predicted molar refractivity (Wildman–Crippen MR) is 76.1 cm³/mol. The van der Waals surface area contributed by atoms with Gasteiger partial charge >= 0.3 is 6.36 Å². The Bertz CT molecular complexity index is 474. The van der Waals surface area contributed by atoms with Crippen LogP contribution < -0.4 is 4.74 Å². The number of hydrogen-bond donors (Lipinski definition) is 0. The van der Waals surface area contributed by atoms with Crippen LogP contribution in [0.25, 0.3) is 0 Å². The van der Waals surface area contributed by atoms with E-state index in [0.29, 0.717) is 11.0 Å². The second-order valence-electron chi connectivity index (χ2n) is 5.05. The molecule has 1 fully saturated rings. The number of hydrogen-bond acceptors (Lipinski definition) is 3. The van der Waals surface area contributed by atoms with Gasteiger partial charge in [0.25, 0.3) is 0 Å². The molecule has 0 aromatic heterocycles. The van der Waals surface area contributed by atoms with Crippen LogP contribution in [0.15, 0.2) is 22.7 Å². The molecular formula is C14H17BrF3NO2. The van der Waals surface area contributed by atoms with E-state index in [1.54, 1.807) is 7.11 Å². The highest BCUT2D eigenvalue weighted by molar-refractivity contribution is 9.10. The molecule has 0 bridgehead atoms. The molecule has 1 saturated heterocycles. The molecule has 118 valence electrons. The zero-order chi connectivity index (χ0) is 15.5. The van der Waals surface area contributed by atoms with Crippen LogP contribution in [-0.4, -0.2) is 37.6 Å². The highest BCUT2D eigenvalue weighted by Crippen LogP contribution is 2.28. The maximum atomic E-state index is 12.3. The van der Waals surface area contributed by atoms with Crippen molar-refractivity contribution in [2.24, 2.45) is 0 Å². The average Bonchev–Trinajstić information content (AvgIpc) is 2.36. The number of piperidine rings is 1. The first kappa shape index (κ1) is 16.6. The molecule has 0 saturated carbocycles. The maximum absolute atomic E-state index is 12.3. The highest BCUT2D eigenvalue weighted by atomic mass is 79.9. The molecule has 2 rings (SSSR count). The molecule has 0 radical (unpaired) electrons.